The van der Waals surface area contributed by atoms with Crippen LogP contribution in [-0.2, 0) is 19.4 Å². The minimum Gasteiger partial charge on any atom is -0.330 e. The van der Waals surface area contributed by atoms with Gasteiger partial charge in [-0.05, 0) is 42.7 Å². The Balaban J connectivity index is 1.91. The van der Waals surface area contributed by atoms with Crippen molar-refractivity contribution in [3.63, 3.8) is 0 Å². The van der Waals surface area contributed by atoms with Gasteiger partial charge in [-0.3, -0.25) is 9.67 Å². The van der Waals surface area contributed by atoms with Crippen LogP contribution in [-0.4, -0.2) is 41.9 Å². The van der Waals surface area contributed by atoms with E-state index in [-0.39, 0.29) is 0 Å². The van der Waals surface area contributed by atoms with Crippen LogP contribution in [0.25, 0.3) is 22.8 Å². The Morgan fingerprint density at radius 2 is 2.27 bits per heavy atom. The molecule has 112 valence electrons. The summed E-state index contributed by atoms with van der Waals surface area (Å²) in [6.07, 6.45) is 6.49. The average Bonchev–Trinajstić information content (AvgIpc) is 3.20. The van der Waals surface area contributed by atoms with E-state index in [1.165, 1.54) is 16.7 Å². The minimum absolute atomic E-state index is 0.542. The van der Waals surface area contributed by atoms with Crippen LogP contribution in [0.2, 0.25) is 0 Å². The molecule has 0 spiro atoms. The van der Waals surface area contributed by atoms with Crippen molar-refractivity contribution in [1.29, 1.82) is 0 Å². The number of tetrazole rings is 1. The molecule has 3 heterocycles. The first-order valence-electron chi connectivity index (χ1n) is 7.35. The summed E-state index contributed by atoms with van der Waals surface area (Å²) in [6.45, 7) is 1.41. The SMILES string of the molecule is NCCCn1nc(-c2nn[nH]n2)c2c1-c1ccncc1CC2. The molecular weight excluding hydrogens is 280 g/mol. The molecule has 4 rings (SSSR count). The van der Waals surface area contributed by atoms with Gasteiger partial charge < -0.3 is 5.73 Å². The molecule has 0 aliphatic heterocycles. The lowest BCUT2D eigenvalue weighted by molar-refractivity contribution is 0.590. The molecule has 1 aliphatic rings. The molecule has 0 radical (unpaired) electrons. The van der Waals surface area contributed by atoms with Crippen molar-refractivity contribution in [2.75, 3.05) is 6.54 Å². The number of nitrogens with one attached hydrogen (secondary N) is 1. The zero-order valence-corrected chi connectivity index (χ0v) is 12.0. The van der Waals surface area contributed by atoms with Crippen LogP contribution in [0.15, 0.2) is 18.5 Å². The third-order valence-corrected chi connectivity index (χ3v) is 3.98. The van der Waals surface area contributed by atoms with Crippen LogP contribution in [0.4, 0.5) is 0 Å². The van der Waals surface area contributed by atoms with Crippen LogP contribution < -0.4 is 5.73 Å². The van der Waals surface area contributed by atoms with Crippen LogP contribution in [0.3, 0.4) is 0 Å². The van der Waals surface area contributed by atoms with Crippen LogP contribution in [0.5, 0.6) is 0 Å². The number of nitrogens with zero attached hydrogens (tertiary/aromatic N) is 6. The molecule has 0 fully saturated rings. The van der Waals surface area contributed by atoms with Gasteiger partial charge in [0.15, 0.2) is 0 Å². The maximum absolute atomic E-state index is 5.66. The molecule has 3 aromatic heterocycles. The molecule has 3 aromatic rings. The van der Waals surface area contributed by atoms with E-state index in [0.29, 0.717) is 12.4 Å². The minimum atomic E-state index is 0.542. The number of aromatic nitrogens is 7. The maximum atomic E-state index is 5.66. The topological polar surface area (TPSA) is 111 Å². The standard InChI is InChI=1S/C14H16N8/c15-5-1-7-22-13-10-4-6-16-8-9(10)2-3-11(13)12(19-22)14-17-20-21-18-14/h4,6,8H,1-3,5,7,15H2,(H,17,18,20,21). The number of hydrogen-bond acceptors (Lipinski definition) is 6. The summed E-state index contributed by atoms with van der Waals surface area (Å²) in [4.78, 5) is 4.23. The number of aryl methyl sites for hydroxylation is 2. The Hall–Kier alpha value is -2.61. The van der Waals surface area contributed by atoms with Crippen molar-refractivity contribution in [2.45, 2.75) is 25.8 Å². The Labute approximate surface area is 126 Å². The number of fused-ring (bicyclic) bond motifs is 3. The van der Waals surface area contributed by atoms with Crippen LogP contribution in [0.1, 0.15) is 17.5 Å². The average molecular weight is 296 g/mol. The van der Waals surface area contributed by atoms with Gasteiger partial charge in [0.05, 0.1) is 5.69 Å². The number of hydrogen-bond donors (Lipinski definition) is 2. The van der Waals surface area contributed by atoms with Crippen molar-refractivity contribution in [3.05, 3.63) is 29.6 Å². The lowest BCUT2D eigenvalue weighted by Crippen LogP contribution is -2.11. The lowest BCUT2D eigenvalue weighted by atomic mass is 9.90. The second kappa shape index (κ2) is 5.30. The molecule has 8 heteroatoms. The highest BCUT2D eigenvalue weighted by Crippen LogP contribution is 2.37. The summed E-state index contributed by atoms with van der Waals surface area (Å²) < 4.78 is 2.02. The normalized spacial score (nSPS) is 13.0. The van der Waals surface area contributed by atoms with Crippen molar-refractivity contribution >= 4 is 0 Å². The number of pyridine rings is 1. The third kappa shape index (κ3) is 2.00. The summed E-state index contributed by atoms with van der Waals surface area (Å²) in [6, 6.07) is 2.05. The van der Waals surface area contributed by atoms with Gasteiger partial charge in [0.25, 0.3) is 0 Å². The van der Waals surface area contributed by atoms with E-state index in [1.54, 1.807) is 0 Å². The predicted octanol–water partition coefficient (Wildman–Crippen LogP) is 0.573. The predicted molar refractivity (Wildman–Crippen MR) is 79.7 cm³/mol. The molecule has 0 saturated heterocycles. The molecule has 0 saturated carbocycles. The first kappa shape index (κ1) is 13.1. The van der Waals surface area contributed by atoms with E-state index in [0.717, 1.165) is 37.2 Å². The van der Waals surface area contributed by atoms with Gasteiger partial charge in [-0.25, -0.2) is 0 Å². The molecule has 0 atom stereocenters. The molecule has 0 unspecified atom stereocenters. The van der Waals surface area contributed by atoms with Crippen molar-refractivity contribution in [3.8, 4) is 22.8 Å². The van der Waals surface area contributed by atoms with Crippen molar-refractivity contribution < 1.29 is 0 Å². The molecule has 22 heavy (non-hydrogen) atoms. The fraction of sp³-hybridized carbons (Fsp3) is 0.357. The number of H-pyrrole nitrogens is 1. The second-order valence-electron chi connectivity index (χ2n) is 5.31. The lowest BCUT2D eigenvalue weighted by Gasteiger charge is -2.18. The molecule has 0 amide bonds. The highest BCUT2D eigenvalue weighted by atomic mass is 15.5. The molecule has 0 aromatic carbocycles. The highest BCUT2D eigenvalue weighted by Gasteiger charge is 2.27. The largest absolute Gasteiger partial charge is 0.330 e. The number of nitrogens with two attached hydrogens (primary N) is 1. The second-order valence-corrected chi connectivity index (χ2v) is 5.31. The molecule has 0 bridgehead atoms. The highest BCUT2D eigenvalue weighted by molar-refractivity contribution is 5.75. The van der Waals surface area contributed by atoms with E-state index in [9.17, 15) is 0 Å². The van der Waals surface area contributed by atoms with E-state index < -0.39 is 0 Å². The van der Waals surface area contributed by atoms with Gasteiger partial charge in [0.2, 0.25) is 5.82 Å². The van der Waals surface area contributed by atoms with E-state index in [4.69, 9.17) is 10.8 Å². The molecule has 8 nitrogen and oxygen atoms in total. The zero-order chi connectivity index (χ0) is 14.9. The summed E-state index contributed by atoms with van der Waals surface area (Å²) in [5, 5.41) is 19.0. The fourth-order valence-electron chi connectivity index (χ4n) is 3.00. The Kier molecular flexibility index (Phi) is 3.15. The Morgan fingerprint density at radius 1 is 1.32 bits per heavy atom. The summed E-state index contributed by atoms with van der Waals surface area (Å²) >= 11 is 0. The number of aromatic amines is 1. The van der Waals surface area contributed by atoms with Gasteiger partial charge >= 0.3 is 0 Å². The first-order valence-corrected chi connectivity index (χ1v) is 7.35. The maximum Gasteiger partial charge on any atom is 0.225 e. The van der Waals surface area contributed by atoms with Crippen molar-refractivity contribution in [1.82, 2.24) is 35.4 Å². The zero-order valence-electron chi connectivity index (χ0n) is 12.0. The summed E-state index contributed by atoms with van der Waals surface area (Å²) in [5.41, 5.74) is 11.2. The van der Waals surface area contributed by atoms with Gasteiger partial charge in [-0.2, -0.15) is 10.3 Å². The van der Waals surface area contributed by atoms with E-state index >= 15 is 0 Å². The summed E-state index contributed by atoms with van der Waals surface area (Å²) in [7, 11) is 0. The van der Waals surface area contributed by atoms with Gasteiger partial charge in [0.1, 0.15) is 5.69 Å². The van der Waals surface area contributed by atoms with Crippen molar-refractivity contribution in [2.24, 2.45) is 5.73 Å². The Morgan fingerprint density at radius 3 is 3.09 bits per heavy atom. The van der Waals surface area contributed by atoms with Crippen LogP contribution >= 0.6 is 0 Å². The van der Waals surface area contributed by atoms with Gasteiger partial charge in [-0.1, -0.05) is 0 Å². The smallest absolute Gasteiger partial charge is 0.225 e. The molecular formula is C14H16N8. The van der Waals surface area contributed by atoms with Gasteiger partial charge in [0, 0.05) is 30.1 Å². The number of rotatable bonds is 4. The molecule has 3 N–H and O–H groups in total. The summed E-state index contributed by atoms with van der Waals surface area (Å²) in [5.74, 6) is 0.542. The third-order valence-electron chi connectivity index (χ3n) is 3.98. The fourth-order valence-corrected chi connectivity index (χ4v) is 3.00. The monoisotopic (exact) mass is 296 g/mol. The molecule has 1 aliphatic carbocycles. The Bertz CT molecular complexity index is 789. The first-order chi connectivity index (χ1) is 10.9. The quantitative estimate of drug-likeness (QED) is 0.728. The van der Waals surface area contributed by atoms with Crippen LogP contribution in [0, 0.1) is 0 Å². The van der Waals surface area contributed by atoms with Gasteiger partial charge in [-0.15, -0.1) is 10.2 Å². The van der Waals surface area contributed by atoms with E-state index in [2.05, 4.69) is 25.6 Å². The van der Waals surface area contributed by atoms with E-state index in [1.807, 2.05) is 23.1 Å².